The highest BCUT2D eigenvalue weighted by Gasteiger charge is 2.17. The molecule has 4 heteroatoms. The zero-order valence-electron chi connectivity index (χ0n) is 8.90. The van der Waals surface area contributed by atoms with Gasteiger partial charge in [-0.2, -0.15) is 0 Å². The van der Waals surface area contributed by atoms with Crippen molar-refractivity contribution in [3.8, 4) is 0 Å². The van der Waals surface area contributed by atoms with Crippen LogP contribution in [0.5, 0.6) is 0 Å². The number of nitrogens with one attached hydrogen (secondary N) is 1. The quantitative estimate of drug-likeness (QED) is 0.790. The molecule has 0 spiro atoms. The van der Waals surface area contributed by atoms with Crippen molar-refractivity contribution in [3.63, 3.8) is 0 Å². The first-order valence-corrected chi connectivity index (χ1v) is 5.39. The van der Waals surface area contributed by atoms with Crippen molar-refractivity contribution < 1.29 is 0 Å². The number of nitrogens with zero attached hydrogens (tertiary/aromatic N) is 3. The summed E-state index contributed by atoms with van der Waals surface area (Å²) in [6.45, 7) is 5.15. The number of aromatic nitrogens is 3. The zero-order chi connectivity index (χ0) is 9.97. The van der Waals surface area contributed by atoms with Crippen LogP contribution in [0.4, 0.5) is 0 Å². The molecule has 14 heavy (non-hydrogen) atoms. The van der Waals surface area contributed by atoms with E-state index in [9.17, 15) is 0 Å². The molecule has 4 nitrogen and oxygen atoms in total. The van der Waals surface area contributed by atoms with E-state index in [1.165, 1.54) is 19.3 Å². The van der Waals surface area contributed by atoms with Gasteiger partial charge >= 0.3 is 0 Å². The molecule has 0 amide bonds. The zero-order valence-corrected chi connectivity index (χ0v) is 8.90. The van der Waals surface area contributed by atoms with E-state index in [0.717, 1.165) is 12.4 Å². The second kappa shape index (κ2) is 4.09. The third-order valence-corrected chi connectivity index (χ3v) is 2.86. The summed E-state index contributed by atoms with van der Waals surface area (Å²) in [6, 6.07) is 1.16. The van der Waals surface area contributed by atoms with Crippen LogP contribution in [-0.4, -0.2) is 20.8 Å². The minimum absolute atomic E-state index is 0.447. The second-order valence-electron chi connectivity index (χ2n) is 4.26. The van der Waals surface area contributed by atoms with Gasteiger partial charge in [-0.1, -0.05) is 6.42 Å². The maximum absolute atomic E-state index is 4.12. The van der Waals surface area contributed by atoms with Crippen molar-refractivity contribution in [1.29, 1.82) is 0 Å². The van der Waals surface area contributed by atoms with Crippen LogP contribution in [0, 0.1) is 0 Å². The largest absolute Gasteiger partial charge is 0.314 e. The van der Waals surface area contributed by atoms with E-state index in [0.29, 0.717) is 12.1 Å². The molecule has 0 aromatic carbocycles. The lowest BCUT2D eigenvalue weighted by Gasteiger charge is -2.26. The smallest absolute Gasteiger partial charge is 0.147 e. The predicted molar refractivity (Wildman–Crippen MR) is 54.9 cm³/mol. The Hall–Kier alpha value is -0.900. The molecule has 0 radical (unpaired) electrons. The van der Waals surface area contributed by atoms with Crippen LogP contribution < -0.4 is 5.32 Å². The first-order valence-electron chi connectivity index (χ1n) is 5.39. The van der Waals surface area contributed by atoms with E-state index in [4.69, 9.17) is 0 Å². The van der Waals surface area contributed by atoms with E-state index in [1.54, 1.807) is 0 Å². The molecule has 1 N–H and O–H groups in total. The van der Waals surface area contributed by atoms with Crippen molar-refractivity contribution in [1.82, 2.24) is 20.1 Å². The first-order chi connectivity index (χ1) is 6.77. The Morgan fingerprint density at radius 3 is 2.93 bits per heavy atom. The molecule has 0 bridgehead atoms. The molecule has 1 saturated carbocycles. The van der Waals surface area contributed by atoms with E-state index >= 15 is 0 Å². The Balaban J connectivity index is 1.90. The van der Waals surface area contributed by atoms with Crippen molar-refractivity contribution in [2.24, 2.45) is 0 Å². The number of rotatable bonds is 4. The van der Waals surface area contributed by atoms with Crippen LogP contribution in [0.1, 0.15) is 45.0 Å². The third kappa shape index (κ3) is 1.95. The molecule has 2 rings (SSSR count). The molecule has 1 aromatic rings. The Labute approximate surface area is 84.7 Å². The van der Waals surface area contributed by atoms with Gasteiger partial charge in [-0.05, 0) is 26.7 Å². The van der Waals surface area contributed by atoms with Gasteiger partial charge in [-0.25, -0.2) is 0 Å². The molecule has 78 valence electrons. The van der Waals surface area contributed by atoms with Crippen LogP contribution in [0.25, 0.3) is 0 Å². The first kappa shape index (κ1) is 9.65. The Morgan fingerprint density at radius 1 is 1.57 bits per heavy atom. The lowest BCUT2D eigenvalue weighted by atomic mass is 9.93. The summed E-state index contributed by atoms with van der Waals surface area (Å²) in [5.41, 5.74) is 0. The molecular formula is C10H18N4. The third-order valence-electron chi connectivity index (χ3n) is 2.86. The van der Waals surface area contributed by atoms with Crippen LogP contribution in [0.2, 0.25) is 0 Å². The molecule has 0 aliphatic heterocycles. The summed E-state index contributed by atoms with van der Waals surface area (Å²) in [5, 5.41) is 11.5. The lowest BCUT2D eigenvalue weighted by Crippen LogP contribution is -2.35. The van der Waals surface area contributed by atoms with E-state index in [-0.39, 0.29) is 0 Å². The SMILES string of the molecule is CC(C)n1cnnc1CNC1CCC1. The van der Waals surface area contributed by atoms with Gasteiger partial charge < -0.3 is 9.88 Å². The van der Waals surface area contributed by atoms with Crippen LogP contribution in [0.3, 0.4) is 0 Å². The molecule has 1 aliphatic rings. The molecule has 1 aromatic heterocycles. The van der Waals surface area contributed by atoms with Gasteiger partial charge in [0, 0.05) is 12.1 Å². The highest BCUT2D eigenvalue weighted by atomic mass is 15.3. The predicted octanol–water partition coefficient (Wildman–Crippen LogP) is 1.50. The fourth-order valence-electron chi connectivity index (χ4n) is 1.67. The van der Waals surface area contributed by atoms with E-state index in [1.807, 2.05) is 6.33 Å². The van der Waals surface area contributed by atoms with Gasteiger partial charge in [-0.15, -0.1) is 10.2 Å². The van der Waals surface area contributed by atoms with Gasteiger partial charge in [0.25, 0.3) is 0 Å². The van der Waals surface area contributed by atoms with Crippen molar-refractivity contribution >= 4 is 0 Å². The fraction of sp³-hybridized carbons (Fsp3) is 0.800. The van der Waals surface area contributed by atoms with E-state index in [2.05, 4.69) is 33.9 Å². The summed E-state index contributed by atoms with van der Waals surface area (Å²) in [7, 11) is 0. The van der Waals surface area contributed by atoms with Gasteiger partial charge in [0.15, 0.2) is 0 Å². The minimum atomic E-state index is 0.447. The van der Waals surface area contributed by atoms with Crippen molar-refractivity contribution in [3.05, 3.63) is 12.2 Å². The van der Waals surface area contributed by atoms with Gasteiger partial charge in [0.05, 0.1) is 6.54 Å². The maximum Gasteiger partial charge on any atom is 0.147 e. The Morgan fingerprint density at radius 2 is 2.36 bits per heavy atom. The highest BCUT2D eigenvalue weighted by Crippen LogP contribution is 2.18. The van der Waals surface area contributed by atoms with Crippen LogP contribution in [-0.2, 0) is 6.54 Å². The van der Waals surface area contributed by atoms with Crippen LogP contribution >= 0.6 is 0 Å². The monoisotopic (exact) mass is 194 g/mol. The normalized spacial score (nSPS) is 17.4. The lowest BCUT2D eigenvalue weighted by molar-refractivity contribution is 0.332. The van der Waals surface area contributed by atoms with Gasteiger partial charge in [0.1, 0.15) is 12.2 Å². The van der Waals surface area contributed by atoms with Crippen molar-refractivity contribution in [2.75, 3.05) is 0 Å². The molecule has 0 saturated heterocycles. The molecule has 0 unspecified atom stereocenters. The van der Waals surface area contributed by atoms with Gasteiger partial charge in [-0.3, -0.25) is 0 Å². The van der Waals surface area contributed by atoms with Crippen LogP contribution in [0.15, 0.2) is 6.33 Å². The fourth-order valence-corrected chi connectivity index (χ4v) is 1.67. The molecule has 1 fully saturated rings. The number of hydrogen-bond donors (Lipinski definition) is 1. The van der Waals surface area contributed by atoms with Crippen molar-refractivity contribution in [2.45, 2.75) is 51.7 Å². The molecule has 0 atom stereocenters. The summed E-state index contributed by atoms with van der Waals surface area (Å²) in [5.74, 6) is 1.05. The summed E-state index contributed by atoms with van der Waals surface area (Å²) >= 11 is 0. The standard InChI is InChI=1S/C10H18N4/c1-8(2)14-7-12-13-10(14)6-11-9-4-3-5-9/h7-9,11H,3-6H2,1-2H3. The Bertz CT molecular complexity index is 288. The van der Waals surface area contributed by atoms with Gasteiger partial charge in [0.2, 0.25) is 0 Å². The molecule has 1 heterocycles. The molecule has 1 aliphatic carbocycles. The summed E-state index contributed by atoms with van der Waals surface area (Å²) < 4.78 is 2.12. The summed E-state index contributed by atoms with van der Waals surface area (Å²) in [4.78, 5) is 0. The highest BCUT2D eigenvalue weighted by molar-refractivity contribution is 4.89. The average molecular weight is 194 g/mol. The molecular weight excluding hydrogens is 176 g/mol. The average Bonchev–Trinajstić information content (AvgIpc) is 2.49. The van der Waals surface area contributed by atoms with E-state index < -0.39 is 0 Å². The summed E-state index contributed by atoms with van der Waals surface area (Å²) in [6.07, 6.45) is 5.81. The Kier molecular flexibility index (Phi) is 2.82. The maximum atomic E-state index is 4.12. The second-order valence-corrected chi connectivity index (χ2v) is 4.26. The minimum Gasteiger partial charge on any atom is -0.314 e. The number of hydrogen-bond acceptors (Lipinski definition) is 3. The topological polar surface area (TPSA) is 42.7 Å².